The molecular formula is C15H9FO3. The van der Waals surface area contributed by atoms with Gasteiger partial charge >= 0.3 is 0 Å². The van der Waals surface area contributed by atoms with Gasteiger partial charge < -0.3 is 9.52 Å². The summed E-state index contributed by atoms with van der Waals surface area (Å²) in [6.07, 6.45) is 0. The van der Waals surface area contributed by atoms with Crippen molar-refractivity contribution in [3.63, 3.8) is 0 Å². The summed E-state index contributed by atoms with van der Waals surface area (Å²) in [4.78, 5) is 11.9. The first-order valence-electron chi connectivity index (χ1n) is 5.67. The minimum absolute atomic E-state index is 0.0153. The third-order valence-electron chi connectivity index (χ3n) is 2.85. The van der Waals surface area contributed by atoms with Gasteiger partial charge in [0, 0.05) is 6.07 Å². The van der Waals surface area contributed by atoms with E-state index < -0.39 is 5.82 Å². The zero-order valence-corrected chi connectivity index (χ0v) is 9.76. The van der Waals surface area contributed by atoms with Crippen LogP contribution in [-0.2, 0) is 0 Å². The Morgan fingerprint density at radius 1 is 1.05 bits per heavy atom. The lowest BCUT2D eigenvalue weighted by atomic mass is 10.1. The number of phenolic OH excluding ortho intramolecular Hbond substituents is 1. The Balaban J connectivity index is 2.31. The van der Waals surface area contributed by atoms with E-state index in [0.29, 0.717) is 5.58 Å². The van der Waals surface area contributed by atoms with E-state index in [0.717, 1.165) is 0 Å². The van der Waals surface area contributed by atoms with Crippen molar-refractivity contribution >= 4 is 11.0 Å². The maximum Gasteiger partial charge on any atom is 0.193 e. The second-order valence-electron chi connectivity index (χ2n) is 4.14. The van der Waals surface area contributed by atoms with Gasteiger partial charge in [0.25, 0.3) is 0 Å². The van der Waals surface area contributed by atoms with Gasteiger partial charge in [0.05, 0.1) is 10.9 Å². The van der Waals surface area contributed by atoms with Gasteiger partial charge in [-0.1, -0.05) is 12.1 Å². The second kappa shape index (κ2) is 4.24. The van der Waals surface area contributed by atoms with Crippen molar-refractivity contribution in [2.75, 3.05) is 0 Å². The molecule has 1 aromatic heterocycles. The van der Waals surface area contributed by atoms with Crippen molar-refractivity contribution in [3.05, 3.63) is 64.6 Å². The van der Waals surface area contributed by atoms with Crippen LogP contribution in [0.5, 0.6) is 5.75 Å². The monoisotopic (exact) mass is 256 g/mol. The topological polar surface area (TPSA) is 50.4 Å². The van der Waals surface area contributed by atoms with E-state index in [2.05, 4.69) is 0 Å². The molecule has 0 saturated carbocycles. The highest BCUT2D eigenvalue weighted by molar-refractivity contribution is 5.80. The summed E-state index contributed by atoms with van der Waals surface area (Å²) in [5.41, 5.74) is 0.216. The van der Waals surface area contributed by atoms with E-state index in [-0.39, 0.29) is 27.9 Å². The lowest BCUT2D eigenvalue weighted by Crippen LogP contribution is -2.00. The summed E-state index contributed by atoms with van der Waals surface area (Å²) >= 11 is 0. The van der Waals surface area contributed by atoms with E-state index >= 15 is 0 Å². The highest BCUT2D eigenvalue weighted by atomic mass is 19.1. The van der Waals surface area contributed by atoms with E-state index in [9.17, 15) is 14.3 Å². The van der Waals surface area contributed by atoms with Gasteiger partial charge in [-0.25, -0.2) is 4.39 Å². The fourth-order valence-corrected chi connectivity index (χ4v) is 1.94. The Labute approximate surface area is 107 Å². The quantitative estimate of drug-likeness (QED) is 0.726. The van der Waals surface area contributed by atoms with Crippen molar-refractivity contribution in [2.24, 2.45) is 0 Å². The summed E-state index contributed by atoms with van der Waals surface area (Å²) in [5, 5.41) is 9.61. The van der Waals surface area contributed by atoms with Crippen LogP contribution in [0.25, 0.3) is 22.3 Å². The molecule has 2 aromatic carbocycles. The van der Waals surface area contributed by atoms with Crippen LogP contribution in [0.3, 0.4) is 0 Å². The number of phenols is 1. The minimum atomic E-state index is -0.455. The molecule has 0 saturated heterocycles. The molecule has 0 bridgehead atoms. The highest BCUT2D eigenvalue weighted by Gasteiger charge is 2.10. The number of hydrogen-bond donors (Lipinski definition) is 1. The molecule has 0 aliphatic rings. The summed E-state index contributed by atoms with van der Waals surface area (Å²) in [6.45, 7) is 0. The lowest BCUT2D eigenvalue weighted by molar-refractivity contribution is 0.475. The summed E-state index contributed by atoms with van der Waals surface area (Å²) in [5.74, 6) is -0.302. The van der Waals surface area contributed by atoms with Gasteiger partial charge in [-0.15, -0.1) is 0 Å². The highest BCUT2D eigenvalue weighted by Crippen LogP contribution is 2.25. The lowest BCUT2D eigenvalue weighted by Gasteiger charge is -2.04. The van der Waals surface area contributed by atoms with Crippen LogP contribution in [0.4, 0.5) is 4.39 Å². The molecule has 3 rings (SSSR count). The molecule has 94 valence electrons. The number of halogens is 1. The number of aromatic hydroxyl groups is 1. The number of rotatable bonds is 1. The second-order valence-corrected chi connectivity index (χ2v) is 4.14. The molecule has 1 heterocycles. The first-order chi connectivity index (χ1) is 9.15. The maximum absolute atomic E-state index is 13.7. The molecule has 0 unspecified atom stereocenters. The first-order valence-corrected chi connectivity index (χ1v) is 5.67. The molecule has 19 heavy (non-hydrogen) atoms. The normalized spacial score (nSPS) is 10.8. The van der Waals surface area contributed by atoms with Crippen molar-refractivity contribution in [3.8, 4) is 17.1 Å². The van der Waals surface area contributed by atoms with Gasteiger partial charge in [-0.3, -0.25) is 4.79 Å². The van der Waals surface area contributed by atoms with Crippen molar-refractivity contribution < 1.29 is 13.9 Å². The zero-order valence-electron chi connectivity index (χ0n) is 9.76. The van der Waals surface area contributed by atoms with Gasteiger partial charge in [-0.2, -0.15) is 0 Å². The number of hydrogen-bond acceptors (Lipinski definition) is 3. The molecule has 3 nitrogen and oxygen atoms in total. The molecule has 4 heteroatoms. The predicted molar refractivity (Wildman–Crippen MR) is 69.5 cm³/mol. The Kier molecular flexibility index (Phi) is 2.56. The van der Waals surface area contributed by atoms with Crippen molar-refractivity contribution in [1.29, 1.82) is 0 Å². The van der Waals surface area contributed by atoms with Crippen LogP contribution in [0.2, 0.25) is 0 Å². The average molecular weight is 256 g/mol. The van der Waals surface area contributed by atoms with Crippen LogP contribution < -0.4 is 5.43 Å². The molecule has 0 fully saturated rings. The molecule has 0 amide bonds. The Morgan fingerprint density at radius 2 is 1.84 bits per heavy atom. The van der Waals surface area contributed by atoms with Crippen LogP contribution in [-0.4, -0.2) is 5.11 Å². The Bertz CT molecular complexity index is 821. The Morgan fingerprint density at radius 3 is 2.63 bits per heavy atom. The molecule has 0 spiro atoms. The summed E-state index contributed by atoms with van der Waals surface area (Å²) < 4.78 is 19.2. The fourth-order valence-electron chi connectivity index (χ4n) is 1.94. The fraction of sp³-hybridized carbons (Fsp3) is 0. The third-order valence-corrected chi connectivity index (χ3v) is 2.85. The van der Waals surface area contributed by atoms with Gasteiger partial charge in [0.1, 0.15) is 22.9 Å². The maximum atomic E-state index is 13.7. The number of fused-ring (bicyclic) bond motifs is 1. The largest absolute Gasteiger partial charge is 0.508 e. The van der Waals surface area contributed by atoms with Crippen LogP contribution in [0.1, 0.15) is 0 Å². The van der Waals surface area contributed by atoms with Crippen molar-refractivity contribution in [2.45, 2.75) is 0 Å². The smallest absolute Gasteiger partial charge is 0.193 e. The first kappa shape index (κ1) is 11.5. The van der Waals surface area contributed by atoms with Crippen LogP contribution in [0.15, 0.2) is 57.7 Å². The number of benzene rings is 2. The molecule has 1 N–H and O–H groups in total. The predicted octanol–water partition coefficient (Wildman–Crippen LogP) is 3.30. The summed E-state index contributed by atoms with van der Waals surface area (Å²) in [6, 6.07) is 11.5. The van der Waals surface area contributed by atoms with Crippen LogP contribution >= 0.6 is 0 Å². The van der Waals surface area contributed by atoms with Crippen LogP contribution in [0, 0.1) is 5.82 Å². The van der Waals surface area contributed by atoms with E-state index in [1.165, 1.54) is 30.3 Å². The van der Waals surface area contributed by atoms with Gasteiger partial charge in [-0.05, 0) is 30.3 Å². The van der Waals surface area contributed by atoms with E-state index in [4.69, 9.17) is 4.42 Å². The van der Waals surface area contributed by atoms with E-state index in [1.807, 2.05) is 0 Å². The molecular weight excluding hydrogens is 247 g/mol. The Hall–Kier alpha value is -2.62. The average Bonchev–Trinajstić information content (AvgIpc) is 2.40. The third kappa shape index (κ3) is 1.97. The SMILES string of the molecule is O=c1cc(-c2ccccc2F)oc2ccc(O)cc12. The molecule has 0 aliphatic carbocycles. The zero-order chi connectivity index (χ0) is 13.4. The van der Waals surface area contributed by atoms with Gasteiger partial charge in [0.2, 0.25) is 0 Å². The molecule has 0 aliphatic heterocycles. The molecule has 0 atom stereocenters. The minimum Gasteiger partial charge on any atom is -0.508 e. The van der Waals surface area contributed by atoms with Gasteiger partial charge in [0.15, 0.2) is 5.43 Å². The molecule has 0 radical (unpaired) electrons. The van der Waals surface area contributed by atoms with E-state index in [1.54, 1.807) is 18.2 Å². The standard InChI is InChI=1S/C15H9FO3/c16-12-4-2-1-3-10(12)15-8-13(18)11-7-9(17)5-6-14(11)19-15/h1-8,17H. The summed E-state index contributed by atoms with van der Waals surface area (Å²) in [7, 11) is 0. The molecule has 3 aromatic rings. The van der Waals surface area contributed by atoms with Crippen molar-refractivity contribution in [1.82, 2.24) is 0 Å².